The predicted octanol–water partition coefficient (Wildman–Crippen LogP) is 4.32. The van der Waals surface area contributed by atoms with Gasteiger partial charge in [-0.1, -0.05) is 13.8 Å². The minimum Gasteiger partial charge on any atom is -0.379 e. The highest BCUT2D eigenvalue weighted by molar-refractivity contribution is 5.53. The van der Waals surface area contributed by atoms with E-state index in [1.807, 2.05) is 0 Å². The van der Waals surface area contributed by atoms with Crippen molar-refractivity contribution in [2.24, 2.45) is 11.8 Å². The molecule has 0 radical (unpaired) electrons. The molecule has 0 aromatic carbocycles. The Labute approximate surface area is 117 Å². The maximum Gasteiger partial charge on any atom is 0.0828 e. The summed E-state index contributed by atoms with van der Waals surface area (Å²) >= 11 is 0. The van der Waals surface area contributed by atoms with Crippen molar-refractivity contribution < 1.29 is 0 Å². The van der Waals surface area contributed by atoms with Crippen molar-refractivity contribution in [1.29, 1.82) is 0 Å². The van der Waals surface area contributed by atoms with Crippen LogP contribution in [0.1, 0.15) is 64.4 Å². The molecule has 3 unspecified atom stereocenters. The number of aromatic nitrogens is 2. The largest absolute Gasteiger partial charge is 0.379 e. The summed E-state index contributed by atoms with van der Waals surface area (Å²) in [5, 5.41) is 8.42. The number of hydrogen-bond acceptors (Lipinski definition) is 2. The number of anilines is 1. The first kappa shape index (κ1) is 14.4. The first-order valence-corrected chi connectivity index (χ1v) is 7.72. The summed E-state index contributed by atoms with van der Waals surface area (Å²) in [6.07, 6.45) is 3.92. The van der Waals surface area contributed by atoms with E-state index in [1.54, 1.807) is 0 Å². The summed E-state index contributed by atoms with van der Waals surface area (Å²) in [5.41, 5.74) is 3.68. The van der Waals surface area contributed by atoms with Gasteiger partial charge in [0.1, 0.15) is 0 Å². The Balaban J connectivity index is 2.11. The van der Waals surface area contributed by atoms with Crippen molar-refractivity contribution >= 4 is 5.69 Å². The van der Waals surface area contributed by atoms with E-state index in [2.05, 4.69) is 56.6 Å². The van der Waals surface area contributed by atoms with Crippen LogP contribution in [-0.4, -0.2) is 15.8 Å². The van der Waals surface area contributed by atoms with Gasteiger partial charge in [-0.05, 0) is 58.8 Å². The Morgan fingerprint density at radius 2 is 1.84 bits per heavy atom. The Bertz CT molecular complexity index is 433. The lowest BCUT2D eigenvalue weighted by atomic mass is 9.79. The van der Waals surface area contributed by atoms with E-state index >= 15 is 0 Å². The monoisotopic (exact) mass is 263 g/mol. The molecule has 0 aliphatic heterocycles. The van der Waals surface area contributed by atoms with Crippen molar-refractivity contribution in [2.45, 2.75) is 72.9 Å². The molecule has 3 nitrogen and oxygen atoms in total. The SMILES string of the molecule is Cc1nn(C(C)C)c(C)c1NC1CCC(C)C(C)C1. The summed E-state index contributed by atoms with van der Waals surface area (Å²) in [7, 11) is 0. The topological polar surface area (TPSA) is 29.9 Å². The maximum absolute atomic E-state index is 4.66. The molecular weight excluding hydrogens is 234 g/mol. The molecule has 0 saturated heterocycles. The van der Waals surface area contributed by atoms with Crippen LogP contribution in [-0.2, 0) is 0 Å². The predicted molar refractivity (Wildman–Crippen MR) is 81.7 cm³/mol. The van der Waals surface area contributed by atoms with Crippen LogP contribution in [0.3, 0.4) is 0 Å². The molecule has 0 amide bonds. The Morgan fingerprint density at radius 1 is 1.16 bits per heavy atom. The fourth-order valence-corrected chi connectivity index (χ4v) is 3.26. The first-order valence-electron chi connectivity index (χ1n) is 7.72. The summed E-state index contributed by atoms with van der Waals surface area (Å²) < 4.78 is 2.13. The Morgan fingerprint density at radius 3 is 2.37 bits per heavy atom. The normalized spacial score (nSPS) is 27.8. The van der Waals surface area contributed by atoms with Gasteiger partial charge in [-0.3, -0.25) is 4.68 Å². The number of nitrogens with zero attached hydrogens (tertiary/aromatic N) is 2. The fraction of sp³-hybridized carbons (Fsp3) is 0.812. The highest BCUT2D eigenvalue weighted by Gasteiger charge is 2.26. The number of aryl methyl sites for hydroxylation is 1. The Kier molecular flexibility index (Phi) is 4.22. The van der Waals surface area contributed by atoms with Crippen molar-refractivity contribution in [3.63, 3.8) is 0 Å². The van der Waals surface area contributed by atoms with Crippen molar-refractivity contribution in [3.05, 3.63) is 11.4 Å². The molecule has 0 spiro atoms. The zero-order valence-corrected chi connectivity index (χ0v) is 13.3. The molecule has 1 aliphatic rings. The summed E-state index contributed by atoms with van der Waals surface area (Å²) in [5.74, 6) is 1.70. The van der Waals surface area contributed by atoms with Crippen LogP contribution in [0.5, 0.6) is 0 Å². The van der Waals surface area contributed by atoms with E-state index in [0.717, 1.165) is 17.5 Å². The second kappa shape index (κ2) is 5.56. The van der Waals surface area contributed by atoms with Gasteiger partial charge in [0.15, 0.2) is 0 Å². The first-order chi connectivity index (χ1) is 8.90. The standard InChI is InChI=1S/C16H29N3/c1-10(2)19-14(6)16(13(5)18-19)17-15-8-7-11(3)12(4)9-15/h10-12,15,17H,7-9H2,1-6H3. The van der Waals surface area contributed by atoms with Crippen LogP contribution < -0.4 is 5.32 Å². The quantitative estimate of drug-likeness (QED) is 0.880. The van der Waals surface area contributed by atoms with Crippen molar-refractivity contribution in [1.82, 2.24) is 9.78 Å². The van der Waals surface area contributed by atoms with E-state index in [-0.39, 0.29) is 0 Å². The number of rotatable bonds is 3. The Hall–Kier alpha value is -0.990. The number of hydrogen-bond donors (Lipinski definition) is 1. The molecule has 3 heteroatoms. The molecule has 2 rings (SSSR count). The van der Waals surface area contributed by atoms with Crippen LogP contribution in [0.25, 0.3) is 0 Å². The second-order valence-electron chi connectivity index (χ2n) is 6.69. The molecule has 108 valence electrons. The van der Waals surface area contributed by atoms with Gasteiger partial charge in [-0.15, -0.1) is 0 Å². The van der Waals surface area contributed by atoms with Crippen LogP contribution in [0, 0.1) is 25.7 Å². The van der Waals surface area contributed by atoms with Gasteiger partial charge in [0.25, 0.3) is 0 Å². The molecule has 1 aromatic rings. The average molecular weight is 263 g/mol. The van der Waals surface area contributed by atoms with Crippen LogP contribution in [0.2, 0.25) is 0 Å². The average Bonchev–Trinajstić information content (AvgIpc) is 2.62. The summed E-state index contributed by atoms with van der Waals surface area (Å²) in [6, 6.07) is 1.05. The fourth-order valence-electron chi connectivity index (χ4n) is 3.26. The van der Waals surface area contributed by atoms with E-state index in [1.165, 1.54) is 30.6 Å². The number of nitrogens with one attached hydrogen (secondary N) is 1. The summed E-state index contributed by atoms with van der Waals surface area (Å²) in [6.45, 7) is 13.4. The van der Waals surface area contributed by atoms with Gasteiger partial charge in [0.05, 0.1) is 17.1 Å². The smallest absolute Gasteiger partial charge is 0.0828 e. The van der Waals surface area contributed by atoms with Gasteiger partial charge in [-0.25, -0.2) is 0 Å². The lowest BCUT2D eigenvalue weighted by Crippen LogP contribution is -2.30. The highest BCUT2D eigenvalue weighted by atomic mass is 15.3. The van der Waals surface area contributed by atoms with E-state index in [4.69, 9.17) is 0 Å². The van der Waals surface area contributed by atoms with Crippen LogP contribution >= 0.6 is 0 Å². The highest BCUT2D eigenvalue weighted by Crippen LogP contribution is 2.32. The minimum atomic E-state index is 0.430. The molecule has 1 aromatic heterocycles. The third-order valence-corrected chi connectivity index (χ3v) is 4.76. The molecule has 0 bridgehead atoms. The lowest BCUT2D eigenvalue weighted by Gasteiger charge is -2.33. The molecule has 1 N–H and O–H groups in total. The third kappa shape index (κ3) is 2.96. The van der Waals surface area contributed by atoms with E-state index < -0.39 is 0 Å². The molecule has 1 aliphatic carbocycles. The van der Waals surface area contributed by atoms with Crippen LogP contribution in [0.15, 0.2) is 0 Å². The van der Waals surface area contributed by atoms with Gasteiger partial charge in [0.2, 0.25) is 0 Å². The summed E-state index contributed by atoms with van der Waals surface area (Å²) in [4.78, 5) is 0. The molecular formula is C16H29N3. The van der Waals surface area contributed by atoms with Crippen LogP contribution in [0.4, 0.5) is 5.69 Å². The van der Waals surface area contributed by atoms with Gasteiger partial charge in [0, 0.05) is 12.1 Å². The third-order valence-electron chi connectivity index (χ3n) is 4.76. The molecule has 1 fully saturated rings. The maximum atomic E-state index is 4.66. The minimum absolute atomic E-state index is 0.430. The van der Waals surface area contributed by atoms with E-state index in [0.29, 0.717) is 12.1 Å². The molecule has 1 heterocycles. The van der Waals surface area contributed by atoms with Crippen molar-refractivity contribution in [3.8, 4) is 0 Å². The van der Waals surface area contributed by atoms with E-state index in [9.17, 15) is 0 Å². The van der Waals surface area contributed by atoms with Gasteiger partial charge < -0.3 is 5.32 Å². The molecule has 3 atom stereocenters. The molecule has 19 heavy (non-hydrogen) atoms. The van der Waals surface area contributed by atoms with Gasteiger partial charge in [-0.2, -0.15) is 5.10 Å². The lowest BCUT2D eigenvalue weighted by molar-refractivity contribution is 0.261. The van der Waals surface area contributed by atoms with Crippen molar-refractivity contribution in [2.75, 3.05) is 5.32 Å². The van der Waals surface area contributed by atoms with Gasteiger partial charge >= 0.3 is 0 Å². The zero-order chi connectivity index (χ0) is 14.2. The molecule has 1 saturated carbocycles. The second-order valence-corrected chi connectivity index (χ2v) is 6.69. The zero-order valence-electron chi connectivity index (χ0n) is 13.3.